The molecule has 2 aromatic carbocycles. The molecule has 2 rings (SSSR count). The molecule has 8 heteroatoms. The number of nitrogens with zero attached hydrogens (tertiary/aromatic N) is 1. The number of benzene rings is 2. The molecule has 0 aliphatic heterocycles. The molecule has 0 saturated heterocycles. The molecule has 0 atom stereocenters. The van der Waals surface area contributed by atoms with Gasteiger partial charge in [-0.2, -0.15) is 8.78 Å². The highest BCUT2D eigenvalue weighted by atomic mass is 35.5. The number of amides is 1. The van der Waals surface area contributed by atoms with E-state index in [0.717, 1.165) is 5.56 Å². The van der Waals surface area contributed by atoms with Crippen LogP contribution >= 0.6 is 23.2 Å². The Bertz CT molecular complexity index is 844. The van der Waals surface area contributed by atoms with Crippen LogP contribution < -0.4 is 9.47 Å². The summed E-state index contributed by atoms with van der Waals surface area (Å²) in [7, 11) is 2.98. The summed E-state index contributed by atoms with van der Waals surface area (Å²) in [6.07, 6.45) is 3.03. The van der Waals surface area contributed by atoms with E-state index in [-0.39, 0.29) is 24.0 Å². The third-order valence-electron chi connectivity index (χ3n) is 3.60. The van der Waals surface area contributed by atoms with Gasteiger partial charge in [-0.15, -0.1) is 0 Å². The maximum absolute atomic E-state index is 12.4. The van der Waals surface area contributed by atoms with Gasteiger partial charge in [-0.3, -0.25) is 4.79 Å². The van der Waals surface area contributed by atoms with Gasteiger partial charge >= 0.3 is 6.61 Å². The van der Waals surface area contributed by atoms with Crippen molar-refractivity contribution in [3.05, 3.63) is 63.6 Å². The third-order valence-corrected chi connectivity index (χ3v) is 4.34. The number of alkyl halides is 2. The van der Waals surface area contributed by atoms with Gasteiger partial charge in [0.2, 0.25) is 5.91 Å². The molecule has 2 aromatic rings. The monoisotopic (exact) mass is 415 g/mol. The van der Waals surface area contributed by atoms with Crippen molar-refractivity contribution in [2.75, 3.05) is 14.2 Å². The van der Waals surface area contributed by atoms with E-state index in [0.29, 0.717) is 15.6 Å². The van der Waals surface area contributed by atoms with Gasteiger partial charge in [-0.05, 0) is 41.5 Å². The Morgan fingerprint density at radius 1 is 1.15 bits per heavy atom. The molecule has 0 aromatic heterocycles. The molecule has 0 bridgehead atoms. The lowest BCUT2D eigenvalue weighted by atomic mass is 10.2. The number of ether oxygens (including phenoxy) is 2. The second-order valence-corrected chi connectivity index (χ2v) is 6.38. The number of rotatable bonds is 7. The molecule has 0 heterocycles. The molecule has 0 fully saturated rings. The predicted molar refractivity (Wildman–Crippen MR) is 102 cm³/mol. The number of methoxy groups -OCH3 is 1. The summed E-state index contributed by atoms with van der Waals surface area (Å²) in [4.78, 5) is 13.7. The highest BCUT2D eigenvalue weighted by Crippen LogP contribution is 2.30. The lowest BCUT2D eigenvalue weighted by molar-refractivity contribution is -0.125. The molecule has 27 heavy (non-hydrogen) atoms. The van der Waals surface area contributed by atoms with Crippen molar-refractivity contribution in [2.45, 2.75) is 13.2 Å². The van der Waals surface area contributed by atoms with E-state index < -0.39 is 6.61 Å². The summed E-state index contributed by atoms with van der Waals surface area (Å²) in [5, 5.41) is 0.836. The van der Waals surface area contributed by atoms with Gasteiger partial charge in [0, 0.05) is 19.7 Å². The fourth-order valence-electron chi connectivity index (χ4n) is 2.27. The van der Waals surface area contributed by atoms with Crippen LogP contribution in [0.25, 0.3) is 6.08 Å². The van der Waals surface area contributed by atoms with Crippen molar-refractivity contribution in [3.63, 3.8) is 0 Å². The molecule has 4 nitrogen and oxygen atoms in total. The normalized spacial score (nSPS) is 11.1. The zero-order valence-corrected chi connectivity index (χ0v) is 16.1. The summed E-state index contributed by atoms with van der Waals surface area (Å²) in [6, 6.07) is 9.55. The second-order valence-electron chi connectivity index (χ2n) is 5.56. The number of likely N-dealkylation sites (N-methyl/N-ethyl adjacent to an activating group) is 1. The van der Waals surface area contributed by atoms with Crippen molar-refractivity contribution >= 4 is 35.2 Å². The summed E-state index contributed by atoms with van der Waals surface area (Å²) in [6.45, 7) is -2.68. The predicted octanol–water partition coefficient (Wildman–Crippen LogP) is 5.28. The van der Waals surface area contributed by atoms with E-state index >= 15 is 0 Å². The Balaban J connectivity index is 2.05. The second kappa shape index (κ2) is 9.58. The molecule has 0 aliphatic carbocycles. The van der Waals surface area contributed by atoms with Crippen molar-refractivity contribution in [1.29, 1.82) is 0 Å². The SMILES string of the molecule is COc1cc(CN(C)C(=O)/C=C/c2ccc(Cl)c(Cl)c2)ccc1OC(F)F. The van der Waals surface area contributed by atoms with E-state index in [9.17, 15) is 13.6 Å². The zero-order chi connectivity index (χ0) is 20.0. The van der Waals surface area contributed by atoms with Crippen LogP contribution in [-0.2, 0) is 11.3 Å². The Morgan fingerprint density at radius 2 is 1.89 bits per heavy atom. The van der Waals surface area contributed by atoms with E-state index in [1.54, 1.807) is 43.5 Å². The molecule has 0 saturated carbocycles. The maximum atomic E-state index is 12.4. The van der Waals surface area contributed by atoms with E-state index in [2.05, 4.69) is 4.74 Å². The Morgan fingerprint density at radius 3 is 2.52 bits per heavy atom. The van der Waals surface area contributed by atoms with Crippen LogP contribution in [0.4, 0.5) is 8.78 Å². The number of carbonyl (C=O) groups is 1. The summed E-state index contributed by atoms with van der Waals surface area (Å²) < 4.78 is 34.2. The number of hydrogen-bond donors (Lipinski definition) is 0. The van der Waals surface area contributed by atoms with Crippen LogP contribution in [0.2, 0.25) is 10.0 Å². The molecule has 144 valence electrons. The summed E-state index contributed by atoms with van der Waals surface area (Å²) >= 11 is 11.8. The molecule has 0 N–H and O–H groups in total. The first-order valence-electron chi connectivity index (χ1n) is 7.80. The number of halogens is 4. The Kier molecular flexibility index (Phi) is 7.45. The van der Waals surface area contributed by atoms with Crippen molar-refractivity contribution in [2.24, 2.45) is 0 Å². The van der Waals surface area contributed by atoms with Crippen molar-refractivity contribution in [3.8, 4) is 11.5 Å². The largest absolute Gasteiger partial charge is 0.493 e. The summed E-state index contributed by atoms with van der Waals surface area (Å²) in [5.41, 5.74) is 1.44. The van der Waals surface area contributed by atoms with E-state index in [1.165, 1.54) is 24.2 Å². The van der Waals surface area contributed by atoms with Gasteiger partial charge in [-0.1, -0.05) is 35.3 Å². The summed E-state index contributed by atoms with van der Waals surface area (Å²) in [5.74, 6) is -0.141. The van der Waals surface area contributed by atoms with Gasteiger partial charge in [0.15, 0.2) is 11.5 Å². The molecular weight excluding hydrogens is 399 g/mol. The van der Waals surface area contributed by atoms with Gasteiger partial charge in [0.25, 0.3) is 0 Å². The molecular formula is C19H17Cl2F2NO3. The Labute approximate surface area is 165 Å². The topological polar surface area (TPSA) is 38.8 Å². The van der Waals surface area contributed by atoms with Crippen LogP contribution in [0, 0.1) is 0 Å². The van der Waals surface area contributed by atoms with Gasteiger partial charge in [-0.25, -0.2) is 0 Å². The minimum absolute atomic E-state index is 0.0651. The maximum Gasteiger partial charge on any atom is 0.387 e. The highest BCUT2D eigenvalue weighted by Gasteiger charge is 2.13. The molecule has 0 radical (unpaired) electrons. The minimum Gasteiger partial charge on any atom is -0.493 e. The van der Waals surface area contributed by atoms with Crippen LogP contribution in [0.15, 0.2) is 42.5 Å². The van der Waals surface area contributed by atoms with Gasteiger partial charge in [0.05, 0.1) is 17.2 Å². The fourth-order valence-corrected chi connectivity index (χ4v) is 2.57. The minimum atomic E-state index is -2.94. The lowest BCUT2D eigenvalue weighted by Gasteiger charge is -2.17. The van der Waals surface area contributed by atoms with Crippen LogP contribution in [-0.4, -0.2) is 31.6 Å². The standard InChI is InChI=1S/C19H17Cl2F2NO3/c1-24(18(25)8-5-12-3-6-14(20)15(21)9-12)11-13-4-7-16(27-19(22)23)17(10-13)26-2/h3-10,19H,11H2,1-2H3/b8-5+. The van der Waals surface area contributed by atoms with Crippen molar-refractivity contribution < 1.29 is 23.0 Å². The van der Waals surface area contributed by atoms with Crippen LogP contribution in [0.1, 0.15) is 11.1 Å². The first-order valence-corrected chi connectivity index (χ1v) is 8.55. The molecule has 0 spiro atoms. The zero-order valence-electron chi connectivity index (χ0n) is 14.6. The number of carbonyl (C=O) groups excluding carboxylic acids is 1. The lowest BCUT2D eigenvalue weighted by Crippen LogP contribution is -2.24. The third kappa shape index (κ3) is 6.12. The van der Waals surface area contributed by atoms with Gasteiger partial charge < -0.3 is 14.4 Å². The average Bonchev–Trinajstić information content (AvgIpc) is 2.63. The van der Waals surface area contributed by atoms with Crippen LogP contribution in [0.5, 0.6) is 11.5 Å². The first kappa shape index (κ1) is 21.0. The molecule has 0 unspecified atom stereocenters. The smallest absolute Gasteiger partial charge is 0.387 e. The molecule has 0 aliphatic rings. The average molecular weight is 416 g/mol. The van der Waals surface area contributed by atoms with Gasteiger partial charge in [0.1, 0.15) is 0 Å². The fraction of sp³-hybridized carbons (Fsp3) is 0.211. The highest BCUT2D eigenvalue weighted by molar-refractivity contribution is 6.42. The molecule has 1 amide bonds. The van der Waals surface area contributed by atoms with E-state index in [4.69, 9.17) is 27.9 Å². The van der Waals surface area contributed by atoms with Crippen LogP contribution in [0.3, 0.4) is 0 Å². The van der Waals surface area contributed by atoms with E-state index in [1.807, 2.05) is 0 Å². The Hall–Kier alpha value is -2.31. The quantitative estimate of drug-likeness (QED) is 0.577. The van der Waals surface area contributed by atoms with Crippen molar-refractivity contribution in [1.82, 2.24) is 4.90 Å². The number of hydrogen-bond acceptors (Lipinski definition) is 3. The first-order chi connectivity index (χ1) is 12.8.